The minimum atomic E-state index is 0.960. The van der Waals surface area contributed by atoms with Crippen LogP contribution in [0.2, 0.25) is 0 Å². The average Bonchev–Trinajstić information content (AvgIpc) is 0.722. The smallest absolute Gasteiger partial charge is 0.0379 e. The molecule has 1 aliphatic rings. The van der Waals surface area contributed by atoms with E-state index in [4.69, 9.17) is 0 Å². The number of rotatable bonds is 0. The highest BCUT2D eigenvalue weighted by Gasteiger charge is 1.78. The summed E-state index contributed by atoms with van der Waals surface area (Å²) in [5.74, 6) is 2.87. The first kappa shape index (κ1) is 2.24. The van der Waals surface area contributed by atoms with Crippen LogP contribution in [0.1, 0.15) is 0 Å². The molecule has 0 saturated heterocycles. The lowest BCUT2D eigenvalue weighted by atomic mass is 10.8. The molecular weight excluding hydrogens is 67.0 g/mol. The molecule has 1 rings (SSSR count). The van der Waals surface area contributed by atoms with Crippen molar-refractivity contribution in [2.45, 2.75) is 0 Å². The summed E-state index contributed by atoms with van der Waals surface area (Å²) in [6.45, 7) is 0. The van der Waals surface area contributed by atoms with Crippen molar-refractivity contribution in [3.05, 3.63) is 0 Å². The first-order valence-electron chi connectivity index (χ1n) is 1.21. The third-order valence-electron chi connectivity index (χ3n) is 0.354. The van der Waals surface area contributed by atoms with Crippen LogP contribution in [0.3, 0.4) is 0 Å². The monoisotopic (exact) mass is 70.0 g/mol. The van der Waals surface area contributed by atoms with Crippen molar-refractivity contribution in [1.82, 2.24) is 0 Å². The van der Waals surface area contributed by atoms with E-state index in [0.29, 0.717) is 0 Å². The molecule has 0 saturated carbocycles. The third kappa shape index (κ3) is 0.123. The summed E-state index contributed by atoms with van der Waals surface area (Å²) < 4.78 is 0. The van der Waals surface area contributed by atoms with Crippen molar-refractivity contribution in [1.29, 1.82) is 0 Å². The molecule has 20 valence electrons. The van der Waals surface area contributed by atoms with Crippen LogP contribution in [0, 0.1) is 11.6 Å². The molecule has 0 amide bonds. The average molecular weight is 70.0 g/mol. The summed E-state index contributed by atoms with van der Waals surface area (Å²) in [5, 5.41) is 0. The second-order valence-corrected chi connectivity index (χ2v) is 1.61. The lowest BCUT2D eigenvalue weighted by Crippen LogP contribution is -1.68. The van der Waals surface area contributed by atoms with Crippen molar-refractivity contribution >= 4 is 8.58 Å². The van der Waals surface area contributed by atoms with Crippen LogP contribution in [-0.4, -0.2) is 6.16 Å². The standard InChI is InChI=1S/C3H3P/c1-2-4-3-1/h4H,2H2. The van der Waals surface area contributed by atoms with Gasteiger partial charge in [0.15, 0.2) is 0 Å². The molecule has 0 bridgehead atoms. The van der Waals surface area contributed by atoms with Crippen molar-refractivity contribution in [3.63, 3.8) is 0 Å². The summed E-state index contributed by atoms with van der Waals surface area (Å²) in [6.07, 6.45) is 1.17. The van der Waals surface area contributed by atoms with E-state index in [9.17, 15) is 0 Å². The first-order chi connectivity index (χ1) is 2.00. The molecule has 4 heavy (non-hydrogen) atoms. The molecule has 1 aliphatic heterocycles. The van der Waals surface area contributed by atoms with Gasteiger partial charge in [0.1, 0.15) is 0 Å². The molecule has 0 spiro atoms. The zero-order chi connectivity index (χ0) is 2.83. The minimum Gasteiger partial charge on any atom is -0.0935 e. The Morgan fingerprint density at radius 1 is 1.75 bits per heavy atom. The van der Waals surface area contributed by atoms with E-state index in [1.807, 2.05) is 0 Å². The molecule has 0 N–H and O–H groups in total. The summed E-state index contributed by atoms with van der Waals surface area (Å²) in [4.78, 5) is 0. The Bertz CT molecular complexity index is 57.1. The van der Waals surface area contributed by atoms with Crippen LogP contribution in [0.5, 0.6) is 0 Å². The van der Waals surface area contributed by atoms with Gasteiger partial charge in [-0.15, -0.1) is 0 Å². The first-order valence-corrected chi connectivity index (χ1v) is 2.41. The Labute approximate surface area is 27.4 Å². The van der Waals surface area contributed by atoms with Gasteiger partial charge in [-0.2, -0.15) is 0 Å². The van der Waals surface area contributed by atoms with Crippen LogP contribution in [-0.2, 0) is 0 Å². The zero-order valence-electron chi connectivity index (χ0n) is 2.21. The van der Waals surface area contributed by atoms with Crippen molar-refractivity contribution in [3.8, 4) is 11.6 Å². The molecule has 0 radical (unpaired) electrons. The molecule has 1 unspecified atom stereocenters. The normalized spacial score (nSPS) is 22.0. The molecule has 1 heteroatoms. The highest BCUT2D eigenvalue weighted by molar-refractivity contribution is 7.46. The fourth-order valence-electron chi connectivity index (χ4n) is 0.0884. The summed E-state index contributed by atoms with van der Waals surface area (Å²) in [5.41, 5.74) is 2.89. The molecule has 0 fully saturated rings. The van der Waals surface area contributed by atoms with E-state index in [1.165, 1.54) is 6.16 Å². The maximum Gasteiger partial charge on any atom is 0.0379 e. The number of hydrogen-bond donors (Lipinski definition) is 0. The van der Waals surface area contributed by atoms with Gasteiger partial charge in [-0.1, -0.05) is 11.6 Å². The quantitative estimate of drug-likeness (QED) is 0.290. The SMILES string of the molecule is C1#CPC1. The second-order valence-electron chi connectivity index (χ2n) is 0.655. The number of hydrogen-bond acceptors (Lipinski definition) is 0. The van der Waals surface area contributed by atoms with Crippen LogP contribution in [0.15, 0.2) is 0 Å². The van der Waals surface area contributed by atoms with E-state index < -0.39 is 0 Å². The molecule has 0 aromatic carbocycles. The van der Waals surface area contributed by atoms with Gasteiger partial charge in [0.25, 0.3) is 0 Å². The topological polar surface area (TPSA) is 0 Å². The predicted molar refractivity (Wildman–Crippen MR) is 21.0 cm³/mol. The third-order valence-corrected chi connectivity index (χ3v) is 1.06. The molecule has 0 aromatic heterocycles. The maximum absolute atomic E-state index is 2.89. The minimum absolute atomic E-state index is 0.960. The Kier molecular flexibility index (Phi) is 0.417. The summed E-state index contributed by atoms with van der Waals surface area (Å²) in [7, 11) is 0.960. The molecule has 1 heterocycles. The lowest BCUT2D eigenvalue weighted by molar-refractivity contribution is 1.90. The highest BCUT2D eigenvalue weighted by atomic mass is 31.1. The summed E-state index contributed by atoms with van der Waals surface area (Å²) in [6, 6.07) is 0. The fourth-order valence-corrected chi connectivity index (χ4v) is 0.265. The Hall–Kier alpha value is -0.0100. The van der Waals surface area contributed by atoms with Gasteiger partial charge < -0.3 is 0 Å². The Balaban J connectivity index is 2.69. The molecule has 0 nitrogen and oxygen atoms in total. The van der Waals surface area contributed by atoms with Gasteiger partial charge in [-0.25, -0.2) is 0 Å². The highest BCUT2D eigenvalue weighted by Crippen LogP contribution is 2.10. The van der Waals surface area contributed by atoms with Gasteiger partial charge >= 0.3 is 0 Å². The van der Waals surface area contributed by atoms with E-state index in [-0.39, 0.29) is 0 Å². The van der Waals surface area contributed by atoms with Gasteiger partial charge in [0.05, 0.1) is 0 Å². The summed E-state index contributed by atoms with van der Waals surface area (Å²) >= 11 is 0. The van der Waals surface area contributed by atoms with E-state index in [0.717, 1.165) is 8.58 Å². The van der Waals surface area contributed by atoms with E-state index >= 15 is 0 Å². The van der Waals surface area contributed by atoms with Crippen molar-refractivity contribution < 1.29 is 0 Å². The predicted octanol–water partition coefficient (Wildman–Crippen LogP) is 0.639. The van der Waals surface area contributed by atoms with Gasteiger partial charge in [-0.05, 0) is 8.58 Å². The van der Waals surface area contributed by atoms with Crippen molar-refractivity contribution in [2.24, 2.45) is 0 Å². The molecule has 1 atom stereocenters. The maximum atomic E-state index is 2.89. The molecule has 0 aromatic rings. The molecular formula is C3H3P. The van der Waals surface area contributed by atoms with Crippen LogP contribution < -0.4 is 0 Å². The van der Waals surface area contributed by atoms with Crippen molar-refractivity contribution in [2.75, 3.05) is 6.16 Å². The van der Waals surface area contributed by atoms with Crippen LogP contribution in [0.25, 0.3) is 0 Å². The van der Waals surface area contributed by atoms with Gasteiger partial charge in [0, 0.05) is 6.16 Å². The van der Waals surface area contributed by atoms with E-state index in [1.54, 1.807) is 0 Å². The lowest BCUT2D eigenvalue weighted by Gasteiger charge is -1.84. The van der Waals surface area contributed by atoms with Crippen LogP contribution >= 0.6 is 8.58 Å². The largest absolute Gasteiger partial charge is 0.0935 e. The second kappa shape index (κ2) is 0.744. The van der Waals surface area contributed by atoms with Gasteiger partial charge in [0.2, 0.25) is 0 Å². The zero-order valence-corrected chi connectivity index (χ0v) is 3.21. The van der Waals surface area contributed by atoms with Crippen LogP contribution in [0.4, 0.5) is 0 Å². The Morgan fingerprint density at radius 3 is 2.00 bits per heavy atom. The van der Waals surface area contributed by atoms with Gasteiger partial charge in [-0.3, -0.25) is 0 Å². The van der Waals surface area contributed by atoms with E-state index in [2.05, 4.69) is 11.6 Å². The molecule has 0 aliphatic carbocycles. The Morgan fingerprint density at radius 2 is 2.00 bits per heavy atom. The fraction of sp³-hybridized carbons (Fsp3) is 0.333.